The molecule has 0 aliphatic rings. The number of nitrogens with two attached hydrogens (primary N) is 1. The van der Waals surface area contributed by atoms with Gasteiger partial charge in [-0.05, 0) is 19.4 Å². The van der Waals surface area contributed by atoms with Crippen LogP contribution in [0.25, 0.3) is 0 Å². The van der Waals surface area contributed by atoms with Crippen molar-refractivity contribution in [3.8, 4) is 5.75 Å². The molecule has 0 spiro atoms. The fourth-order valence-corrected chi connectivity index (χ4v) is 1.53. The quantitative estimate of drug-likeness (QED) is 0.742. The van der Waals surface area contributed by atoms with Crippen LogP contribution in [0.4, 0.5) is 0 Å². The van der Waals surface area contributed by atoms with Gasteiger partial charge in [-0.3, -0.25) is 0 Å². The molecule has 0 aromatic heterocycles. The Morgan fingerprint density at radius 3 is 2.71 bits per heavy atom. The first-order chi connectivity index (χ1) is 6.61. The molecule has 0 saturated heterocycles. The maximum Gasteiger partial charge on any atom is 0.123 e. The molecule has 0 aliphatic heterocycles. The molecule has 0 saturated carbocycles. The Morgan fingerprint density at radius 2 is 2.14 bits per heavy atom. The van der Waals surface area contributed by atoms with Crippen molar-refractivity contribution in [2.75, 3.05) is 7.11 Å². The molecule has 1 rings (SSSR count). The molecule has 76 valence electrons. The molecular formula is C12H17NO. The lowest BCUT2D eigenvalue weighted by Crippen LogP contribution is -2.32. The Kier molecular flexibility index (Phi) is 3.31. The lowest BCUT2D eigenvalue weighted by molar-refractivity contribution is 0.388. The minimum Gasteiger partial charge on any atom is -0.496 e. The van der Waals surface area contributed by atoms with Gasteiger partial charge in [0.15, 0.2) is 0 Å². The summed E-state index contributed by atoms with van der Waals surface area (Å²) in [7, 11) is 1.66. The maximum absolute atomic E-state index is 6.17. The summed E-state index contributed by atoms with van der Waals surface area (Å²) in [6, 6.07) is 7.81. The van der Waals surface area contributed by atoms with E-state index in [-0.39, 0.29) is 0 Å². The SMILES string of the molecule is C=CC[C@](C)(N)c1ccccc1OC. The average Bonchev–Trinajstić information content (AvgIpc) is 2.18. The van der Waals surface area contributed by atoms with E-state index < -0.39 is 5.54 Å². The molecule has 1 atom stereocenters. The van der Waals surface area contributed by atoms with Crippen molar-refractivity contribution < 1.29 is 4.74 Å². The van der Waals surface area contributed by atoms with Gasteiger partial charge in [0.1, 0.15) is 5.75 Å². The van der Waals surface area contributed by atoms with Gasteiger partial charge in [-0.15, -0.1) is 6.58 Å². The summed E-state index contributed by atoms with van der Waals surface area (Å²) >= 11 is 0. The molecule has 0 fully saturated rings. The van der Waals surface area contributed by atoms with Crippen molar-refractivity contribution in [3.63, 3.8) is 0 Å². The van der Waals surface area contributed by atoms with Crippen molar-refractivity contribution in [2.45, 2.75) is 18.9 Å². The zero-order valence-corrected chi connectivity index (χ0v) is 8.79. The van der Waals surface area contributed by atoms with Crippen molar-refractivity contribution in [1.29, 1.82) is 0 Å². The molecule has 1 aromatic carbocycles. The van der Waals surface area contributed by atoms with Crippen molar-refractivity contribution in [1.82, 2.24) is 0 Å². The van der Waals surface area contributed by atoms with Crippen LogP contribution in [0, 0.1) is 0 Å². The lowest BCUT2D eigenvalue weighted by atomic mass is 9.89. The van der Waals surface area contributed by atoms with E-state index in [0.717, 1.165) is 17.7 Å². The van der Waals surface area contributed by atoms with E-state index in [1.807, 2.05) is 37.3 Å². The van der Waals surface area contributed by atoms with Gasteiger partial charge in [0.05, 0.1) is 7.11 Å². The molecule has 0 amide bonds. The molecular weight excluding hydrogens is 174 g/mol. The highest BCUT2D eigenvalue weighted by atomic mass is 16.5. The Hall–Kier alpha value is -1.28. The molecule has 14 heavy (non-hydrogen) atoms. The van der Waals surface area contributed by atoms with E-state index in [2.05, 4.69) is 6.58 Å². The number of hydrogen-bond donors (Lipinski definition) is 1. The molecule has 0 radical (unpaired) electrons. The van der Waals surface area contributed by atoms with Gasteiger partial charge >= 0.3 is 0 Å². The van der Waals surface area contributed by atoms with Gasteiger partial charge in [-0.2, -0.15) is 0 Å². The number of methoxy groups -OCH3 is 1. The summed E-state index contributed by atoms with van der Waals surface area (Å²) in [6.07, 6.45) is 2.56. The van der Waals surface area contributed by atoms with E-state index in [0.29, 0.717) is 0 Å². The van der Waals surface area contributed by atoms with Gasteiger partial charge in [-0.25, -0.2) is 0 Å². The highest BCUT2D eigenvalue weighted by molar-refractivity contribution is 5.38. The monoisotopic (exact) mass is 191 g/mol. The van der Waals surface area contributed by atoms with Crippen LogP contribution in [0.3, 0.4) is 0 Å². The van der Waals surface area contributed by atoms with Gasteiger partial charge < -0.3 is 10.5 Å². The van der Waals surface area contributed by atoms with Gasteiger partial charge in [0.25, 0.3) is 0 Å². The molecule has 0 unspecified atom stereocenters. The van der Waals surface area contributed by atoms with Crippen LogP contribution in [0.15, 0.2) is 36.9 Å². The lowest BCUT2D eigenvalue weighted by Gasteiger charge is -2.25. The number of hydrogen-bond acceptors (Lipinski definition) is 2. The minimum atomic E-state index is -0.408. The normalized spacial score (nSPS) is 14.5. The molecule has 1 aromatic rings. The first kappa shape index (κ1) is 10.8. The predicted octanol–water partition coefficient (Wildman–Crippen LogP) is 2.45. The van der Waals surface area contributed by atoms with Gasteiger partial charge in [0, 0.05) is 11.1 Å². The Balaban J connectivity index is 3.09. The molecule has 2 heteroatoms. The molecule has 0 heterocycles. The van der Waals surface area contributed by atoms with E-state index >= 15 is 0 Å². The first-order valence-electron chi connectivity index (χ1n) is 4.65. The van der Waals surface area contributed by atoms with Gasteiger partial charge in [0.2, 0.25) is 0 Å². The zero-order valence-electron chi connectivity index (χ0n) is 8.79. The van der Waals surface area contributed by atoms with Crippen LogP contribution in [-0.2, 0) is 5.54 Å². The number of rotatable bonds is 4. The number of benzene rings is 1. The third-order valence-corrected chi connectivity index (χ3v) is 2.29. The molecule has 0 bridgehead atoms. The molecule has 2 nitrogen and oxygen atoms in total. The van der Waals surface area contributed by atoms with Crippen molar-refractivity contribution in [3.05, 3.63) is 42.5 Å². The highest BCUT2D eigenvalue weighted by Gasteiger charge is 2.22. The van der Waals surface area contributed by atoms with Crippen LogP contribution >= 0.6 is 0 Å². The topological polar surface area (TPSA) is 35.2 Å². The summed E-state index contributed by atoms with van der Waals surface area (Å²) in [4.78, 5) is 0. The number of ether oxygens (including phenoxy) is 1. The summed E-state index contributed by atoms with van der Waals surface area (Å²) in [5.41, 5.74) is 6.78. The smallest absolute Gasteiger partial charge is 0.123 e. The maximum atomic E-state index is 6.17. The third-order valence-electron chi connectivity index (χ3n) is 2.29. The number of para-hydroxylation sites is 1. The van der Waals surface area contributed by atoms with Crippen LogP contribution in [0.2, 0.25) is 0 Å². The fraction of sp³-hybridized carbons (Fsp3) is 0.333. The summed E-state index contributed by atoms with van der Waals surface area (Å²) in [6.45, 7) is 5.68. The summed E-state index contributed by atoms with van der Waals surface area (Å²) in [5.74, 6) is 0.833. The van der Waals surface area contributed by atoms with E-state index in [1.165, 1.54) is 0 Å². The molecule has 0 aliphatic carbocycles. The zero-order chi connectivity index (χ0) is 10.6. The highest BCUT2D eigenvalue weighted by Crippen LogP contribution is 2.30. The van der Waals surface area contributed by atoms with Crippen LogP contribution in [0.1, 0.15) is 18.9 Å². The average molecular weight is 191 g/mol. The predicted molar refractivity (Wildman–Crippen MR) is 59.3 cm³/mol. The third kappa shape index (κ3) is 2.15. The largest absolute Gasteiger partial charge is 0.496 e. The van der Waals surface area contributed by atoms with E-state index in [1.54, 1.807) is 7.11 Å². The summed E-state index contributed by atoms with van der Waals surface area (Å²) in [5, 5.41) is 0. The van der Waals surface area contributed by atoms with Crippen LogP contribution < -0.4 is 10.5 Å². The second kappa shape index (κ2) is 4.29. The Labute approximate surface area is 85.4 Å². The Morgan fingerprint density at radius 1 is 1.50 bits per heavy atom. The Bertz CT molecular complexity index is 318. The second-order valence-electron chi connectivity index (χ2n) is 3.61. The van der Waals surface area contributed by atoms with Crippen LogP contribution in [0.5, 0.6) is 5.75 Å². The van der Waals surface area contributed by atoms with E-state index in [4.69, 9.17) is 10.5 Å². The van der Waals surface area contributed by atoms with E-state index in [9.17, 15) is 0 Å². The fourth-order valence-electron chi connectivity index (χ4n) is 1.53. The van der Waals surface area contributed by atoms with Crippen molar-refractivity contribution in [2.24, 2.45) is 5.73 Å². The second-order valence-corrected chi connectivity index (χ2v) is 3.61. The first-order valence-corrected chi connectivity index (χ1v) is 4.65. The van der Waals surface area contributed by atoms with Gasteiger partial charge in [-0.1, -0.05) is 24.3 Å². The van der Waals surface area contributed by atoms with Crippen molar-refractivity contribution >= 4 is 0 Å². The standard InChI is InChI=1S/C12H17NO/c1-4-9-12(2,13)10-7-5-6-8-11(10)14-3/h4-8H,1,9,13H2,2-3H3/t12-/m0/s1. The summed E-state index contributed by atoms with van der Waals surface area (Å²) < 4.78 is 5.26. The molecule has 2 N–H and O–H groups in total. The van der Waals surface area contributed by atoms with Crippen LogP contribution in [-0.4, -0.2) is 7.11 Å². The minimum absolute atomic E-state index is 0.408.